The molecule has 2 aliphatic heterocycles. The Labute approximate surface area is 89.1 Å². The molecule has 3 nitrogen and oxygen atoms in total. The van der Waals surface area contributed by atoms with E-state index < -0.39 is 0 Å². The molecule has 0 bridgehead atoms. The normalized spacial score (nSPS) is 24.7. The van der Waals surface area contributed by atoms with Gasteiger partial charge in [0.05, 0.1) is 0 Å². The number of fused-ring (bicyclic) bond motifs is 1. The number of nitrogens with zero attached hydrogens (tertiary/aromatic N) is 1. The van der Waals surface area contributed by atoms with Crippen molar-refractivity contribution in [2.24, 2.45) is 0 Å². The second-order valence-corrected chi connectivity index (χ2v) is 4.24. The van der Waals surface area contributed by atoms with E-state index in [0.29, 0.717) is 6.04 Å². The van der Waals surface area contributed by atoms with Crippen LogP contribution in [0.5, 0.6) is 0 Å². The van der Waals surface area contributed by atoms with Gasteiger partial charge in [-0.2, -0.15) is 0 Å². The van der Waals surface area contributed by atoms with Crippen LogP contribution in [0.1, 0.15) is 22.3 Å². The average Bonchev–Trinajstić information content (AvgIpc) is 2.87. The van der Waals surface area contributed by atoms with Gasteiger partial charge in [-0.05, 0) is 24.6 Å². The lowest BCUT2D eigenvalue weighted by molar-refractivity contribution is 0.0717. The van der Waals surface area contributed by atoms with Crippen molar-refractivity contribution in [1.29, 1.82) is 0 Å². The predicted octanol–water partition coefficient (Wildman–Crippen LogP) is 1.00. The first kappa shape index (κ1) is 8.92. The van der Waals surface area contributed by atoms with Crippen LogP contribution in [0.25, 0.3) is 0 Å². The smallest absolute Gasteiger partial charge is 0.254 e. The van der Waals surface area contributed by atoms with Crippen LogP contribution in [0, 0.1) is 0 Å². The van der Waals surface area contributed by atoms with E-state index in [2.05, 4.69) is 11.4 Å². The summed E-state index contributed by atoms with van der Waals surface area (Å²) in [6, 6.07) is 8.32. The molecule has 0 unspecified atom stereocenters. The van der Waals surface area contributed by atoms with Gasteiger partial charge in [0.2, 0.25) is 0 Å². The minimum atomic E-state index is 0.208. The fourth-order valence-corrected chi connectivity index (χ4v) is 2.48. The first-order valence-electron chi connectivity index (χ1n) is 5.46. The van der Waals surface area contributed by atoms with E-state index >= 15 is 0 Å². The largest absolute Gasteiger partial charge is 0.330 e. The van der Waals surface area contributed by atoms with E-state index in [1.54, 1.807) is 0 Å². The average molecular weight is 202 g/mol. The molecule has 1 fully saturated rings. The summed E-state index contributed by atoms with van der Waals surface area (Å²) >= 11 is 0. The molecule has 0 aromatic heterocycles. The highest BCUT2D eigenvalue weighted by Crippen LogP contribution is 2.25. The number of amides is 1. The minimum absolute atomic E-state index is 0.208. The zero-order valence-electron chi connectivity index (χ0n) is 8.57. The van der Waals surface area contributed by atoms with Gasteiger partial charge in [0.1, 0.15) is 0 Å². The number of benzene rings is 1. The Kier molecular flexibility index (Phi) is 1.99. The van der Waals surface area contributed by atoms with Crippen LogP contribution < -0.4 is 5.32 Å². The molecule has 2 heterocycles. The number of rotatable bonds is 1. The van der Waals surface area contributed by atoms with Crippen molar-refractivity contribution in [3.05, 3.63) is 35.4 Å². The van der Waals surface area contributed by atoms with Crippen LogP contribution in [-0.2, 0) is 6.54 Å². The van der Waals surface area contributed by atoms with Crippen molar-refractivity contribution in [3.63, 3.8) is 0 Å². The van der Waals surface area contributed by atoms with Gasteiger partial charge in [0, 0.05) is 24.7 Å². The third-order valence-corrected chi connectivity index (χ3v) is 3.32. The van der Waals surface area contributed by atoms with Gasteiger partial charge in [-0.1, -0.05) is 18.2 Å². The van der Waals surface area contributed by atoms with E-state index in [1.807, 2.05) is 23.1 Å². The quantitative estimate of drug-likeness (QED) is 0.737. The van der Waals surface area contributed by atoms with Crippen LogP contribution in [-0.4, -0.2) is 29.9 Å². The third-order valence-electron chi connectivity index (χ3n) is 3.32. The fourth-order valence-electron chi connectivity index (χ4n) is 2.48. The van der Waals surface area contributed by atoms with Crippen molar-refractivity contribution < 1.29 is 4.79 Å². The lowest BCUT2D eigenvalue weighted by Crippen LogP contribution is -2.36. The van der Waals surface area contributed by atoms with Crippen LogP contribution in [0.3, 0.4) is 0 Å². The second-order valence-electron chi connectivity index (χ2n) is 4.24. The lowest BCUT2D eigenvalue weighted by atomic mass is 10.1. The van der Waals surface area contributed by atoms with E-state index in [1.165, 1.54) is 5.56 Å². The zero-order chi connectivity index (χ0) is 10.3. The maximum absolute atomic E-state index is 12.1. The van der Waals surface area contributed by atoms with Crippen molar-refractivity contribution in [2.75, 3.05) is 13.1 Å². The van der Waals surface area contributed by atoms with Gasteiger partial charge in [-0.3, -0.25) is 4.79 Å². The predicted molar refractivity (Wildman–Crippen MR) is 57.6 cm³/mol. The Morgan fingerprint density at radius 1 is 1.33 bits per heavy atom. The van der Waals surface area contributed by atoms with Gasteiger partial charge in [-0.15, -0.1) is 0 Å². The Morgan fingerprint density at radius 2 is 2.20 bits per heavy atom. The molecule has 3 heteroatoms. The van der Waals surface area contributed by atoms with Crippen LogP contribution >= 0.6 is 0 Å². The zero-order valence-corrected chi connectivity index (χ0v) is 8.57. The molecule has 0 saturated carbocycles. The highest BCUT2D eigenvalue weighted by molar-refractivity contribution is 5.98. The topological polar surface area (TPSA) is 32.3 Å². The molecule has 1 aromatic rings. The number of hydrogen-bond acceptors (Lipinski definition) is 2. The molecule has 1 aromatic carbocycles. The summed E-state index contributed by atoms with van der Waals surface area (Å²) in [6.07, 6.45) is 1.08. The number of carbonyl (C=O) groups is 1. The molecule has 2 aliphatic rings. The van der Waals surface area contributed by atoms with Crippen LogP contribution in [0.4, 0.5) is 0 Å². The molecule has 1 saturated heterocycles. The summed E-state index contributed by atoms with van der Waals surface area (Å²) in [5, 5.41) is 3.30. The summed E-state index contributed by atoms with van der Waals surface area (Å²) in [5.41, 5.74) is 2.07. The molecular weight excluding hydrogens is 188 g/mol. The molecule has 78 valence electrons. The molecule has 0 aliphatic carbocycles. The minimum Gasteiger partial charge on any atom is -0.330 e. The summed E-state index contributed by atoms with van der Waals surface area (Å²) in [4.78, 5) is 14.1. The first-order chi connectivity index (χ1) is 7.36. The lowest BCUT2D eigenvalue weighted by Gasteiger charge is -2.22. The van der Waals surface area contributed by atoms with Crippen LogP contribution in [0.15, 0.2) is 24.3 Å². The van der Waals surface area contributed by atoms with E-state index in [-0.39, 0.29) is 5.91 Å². The molecule has 0 radical (unpaired) electrons. The summed E-state index contributed by atoms with van der Waals surface area (Å²) in [5.74, 6) is 0.208. The molecular formula is C12H14N2O. The maximum Gasteiger partial charge on any atom is 0.254 e. The molecule has 1 atom stereocenters. The Balaban J connectivity index is 1.89. The van der Waals surface area contributed by atoms with Gasteiger partial charge >= 0.3 is 0 Å². The molecule has 15 heavy (non-hydrogen) atoms. The standard InChI is InChI=1S/C12H14N2O/c15-12-11-4-2-1-3-9(11)8-14(12)10-5-6-13-7-10/h1-4,10,13H,5-8H2/t10-/m1/s1. The molecule has 1 amide bonds. The summed E-state index contributed by atoms with van der Waals surface area (Å²) in [7, 11) is 0. The van der Waals surface area contributed by atoms with Gasteiger partial charge in [0.15, 0.2) is 0 Å². The van der Waals surface area contributed by atoms with Crippen molar-refractivity contribution >= 4 is 5.91 Å². The third kappa shape index (κ3) is 1.35. The van der Waals surface area contributed by atoms with Gasteiger partial charge in [0.25, 0.3) is 5.91 Å². The molecule has 3 rings (SSSR count). The molecule has 0 spiro atoms. The number of carbonyl (C=O) groups excluding carboxylic acids is 1. The first-order valence-corrected chi connectivity index (χ1v) is 5.46. The number of hydrogen-bond donors (Lipinski definition) is 1. The summed E-state index contributed by atoms with van der Waals surface area (Å²) < 4.78 is 0. The fraction of sp³-hybridized carbons (Fsp3) is 0.417. The van der Waals surface area contributed by atoms with Crippen molar-refractivity contribution in [1.82, 2.24) is 10.2 Å². The highest BCUT2D eigenvalue weighted by atomic mass is 16.2. The highest BCUT2D eigenvalue weighted by Gasteiger charge is 2.33. The SMILES string of the molecule is O=C1c2ccccc2CN1[C@@H]1CCNC1. The number of nitrogens with one attached hydrogen (secondary N) is 1. The van der Waals surface area contributed by atoms with Gasteiger partial charge < -0.3 is 10.2 Å². The van der Waals surface area contributed by atoms with Crippen LogP contribution in [0.2, 0.25) is 0 Å². The maximum atomic E-state index is 12.1. The Hall–Kier alpha value is -1.35. The second kappa shape index (κ2) is 3.35. The Morgan fingerprint density at radius 3 is 2.93 bits per heavy atom. The monoisotopic (exact) mass is 202 g/mol. The van der Waals surface area contributed by atoms with E-state index in [0.717, 1.165) is 31.6 Å². The van der Waals surface area contributed by atoms with E-state index in [9.17, 15) is 4.79 Å². The van der Waals surface area contributed by atoms with Crippen molar-refractivity contribution in [2.45, 2.75) is 19.0 Å². The summed E-state index contributed by atoms with van der Waals surface area (Å²) in [6.45, 7) is 2.77. The van der Waals surface area contributed by atoms with E-state index in [4.69, 9.17) is 0 Å². The molecule has 1 N–H and O–H groups in total. The Bertz CT molecular complexity index is 396. The van der Waals surface area contributed by atoms with Crippen molar-refractivity contribution in [3.8, 4) is 0 Å². The van der Waals surface area contributed by atoms with Gasteiger partial charge in [-0.25, -0.2) is 0 Å².